The van der Waals surface area contributed by atoms with Crippen molar-refractivity contribution in [3.05, 3.63) is 64.4 Å². The molecule has 1 aliphatic rings. The van der Waals surface area contributed by atoms with Gasteiger partial charge in [-0.2, -0.15) is 0 Å². The highest BCUT2D eigenvalue weighted by Gasteiger charge is 2.25. The zero-order valence-electron chi connectivity index (χ0n) is 15.7. The summed E-state index contributed by atoms with van der Waals surface area (Å²) < 4.78 is 6.63. The molecule has 0 bridgehead atoms. The van der Waals surface area contributed by atoms with E-state index in [-0.39, 0.29) is 17.5 Å². The molecule has 0 saturated carbocycles. The average Bonchev–Trinajstić information content (AvgIpc) is 2.75. The summed E-state index contributed by atoms with van der Waals surface area (Å²) in [7, 11) is 1.62. The molecule has 0 N–H and O–H groups in total. The number of nitrogens with zero attached hydrogens (tertiary/aromatic N) is 4. The van der Waals surface area contributed by atoms with Gasteiger partial charge in [-0.3, -0.25) is 9.59 Å². The lowest BCUT2D eigenvalue weighted by molar-refractivity contribution is -0.131. The van der Waals surface area contributed by atoms with Crippen LogP contribution in [0, 0.1) is 0 Å². The molecule has 28 heavy (non-hydrogen) atoms. The van der Waals surface area contributed by atoms with Gasteiger partial charge in [0.1, 0.15) is 11.3 Å². The predicted octanol–water partition coefficient (Wildman–Crippen LogP) is 2.21. The van der Waals surface area contributed by atoms with E-state index in [4.69, 9.17) is 4.74 Å². The van der Waals surface area contributed by atoms with Crippen LogP contribution in [0.5, 0.6) is 5.75 Å². The number of aromatic nitrogens is 3. The maximum Gasteiger partial charge on any atom is 0.277 e. The van der Waals surface area contributed by atoms with Crippen LogP contribution in [0.25, 0.3) is 10.9 Å². The minimum absolute atomic E-state index is 0.0327. The summed E-state index contributed by atoms with van der Waals surface area (Å²) in [6.45, 7) is 1.22. The molecule has 4 rings (SSSR count). The van der Waals surface area contributed by atoms with Crippen LogP contribution in [0.1, 0.15) is 24.4 Å². The standard InChI is InChI=1S/C21H22N4O3/c1-28-17-8-6-15(7-9-17)14-20(26)24-12-10-16(11-13-24)25-21(27)18-4-2-3-5-19(18)22-23-25/h2-9,16H,10-14H2,1H3. The zero-order valence-corrected chi connectivity index (χ0v) is 15.7. The Balaban J connectivity index is 1.41. The monoisotopic (exact) mass is 378 g/mol. The molecule has 144 valence electrons. The van der Waals surface area contributed by atoms with E-state index in [1.54, 1.807) is 19.2 Å². The molecule has 7 heteroatoms. The van der Waals surface area contributed by atoms with Crippen molar-refractivity contribution < 1.29 is 9.53 Å². The third kappa shape index (κ3) is 3.60. The third-order valence-electron chi connectivity index (χ3n) is 5.27. The smallest absolute Gasteiger partial charge is 0.277 e. The van der Waals surface area contributed by atoms with Crippen molar-refractivity contribution in [3.8, 4) is 5.75 Å². The molecule has 1 saturated heterocycles. The van der Waals surface area contributed by atoms with E-state index in [2.05, 4.69) is 10.3 Å². The van der Waals surface area contributed by atoms with Crippen molar-refractivity contribution in [3.63, 3.8) is 0 Å². The number of ether oxygens (including phenoxy) is 1. The van der Waals surface area contributed by atoms with Gasteiger partial charge in [0.25, 0.3) is 5.56 Å². The Morgan fingerprint density at radius 2 is 1.82 bits per heavy atom. The van der Waals surface area contributed by atoms with Crippen LogP contribution in [0.15, 0.2) is 53.3 Å². The maximum absolute atomic E-state index is 12.7. The Hall–Kier alpha value is -3.22. The summed E-state index contributed by atoms with van der Waals surface area (Å²) in [5, 5.41) is 8.87. The van der Waals surface area contributed by atoms with Crippen molar-refractivity contribution in [1.82, 2.24) is 19.9 Å². The van der Waals surface area contributed by atoms with Gasteiger partial charge in [-0.05, 0) is 42.7 Å². The van der Waals surface area contributed by atoms with Crippen LogP contribution in [-0.2, 0) is 11.2 Å². The molecular weight excluding hydrogens is 356 g/mol. The van der Waals surface area contributed by atoms with Gasteiger partial charge in [0.05, 0.1) is 25.0 Å². The van der Waals surface area contributed by atoms with E-state index < -0.39 is 0 Å². The summed E-state index contributed by atoms with van der Waals surface area (Å²) >= 11 is 0. The quantitative estimate of drug-likeness (QED) is 0.696. The summed E-state index contributed by atoms with van der Waals surface area (Å²) in [6.07, 6.45) is 1.76. The molecule has 0 radical (unpaired) electrons. The molecule has 0 unspecified atom stereocenters. The first-order chi connectivity index (χ1) is 13.7. The lowest BCUT2D eigenvalue weighted by Gasteiger charge is -2.32. The summed E-state index contributed by atoms with van der Waals surface area (Å²) in [4.78, 5) is 27.2. The molecule has 1 aliphatic heterocycles. The largest absolute Gasteiger partial charge is 0.497 e. The summed E-state index contributed by atoms with van der Waals surface area (Å²) in [5.41, 5.74) is 1.45. The van der Waals surface area contributed by atoms with E-state index in [1.165, 1.54) is 4.68 Å². The van der Waals surface area contributed by atoms with E-state index in [1.807, 2.05) is 41.3 Å². The number of amides is 1. The van der Waals surface area contributed by atoms with Crippen LogP contribution < -0.4 is 10.3 Å². The second-order valence-corrected chi connectivity index (χ2v) is 6.99. The molecule has 7 nitrogen and oxygen atoms in total. The van der Waals surface area contributed by atoms with Gasteiger partial charge in [-0.25, -0.2) is 4.68 Å². The Kier molecular flexibility index (Phi) is 5.06. The summed E-state index contributed by atoms with van der Waals surface area (Å²) in [5.74, 6) is 0.875. The second kappa shape index (κ2) is 7.80. The SMILES string of the molecule is COc1ccc(CC(=O)N2CCC(n3nnc4ccccc4c3=O)CC2)cc1. The lowest BCUT2D eigenvalue weighted by atomic mass is 10.0. The number of carbonyl (C=O) groups is 1. The molecule has 2 aromatic carbocycles. The Morgan fingerprint density at radius 3 is 2.54 bits per heavy atom. The van der Waals surface area contributed by atoms with E-state index in [0.717, 1.165) is 11.3 Å². The number of piperidine rings is 1. The maximum atomic E-state index is 12.7. The fraction of sp³-hybridized carbons (Fsp3) is 0.333. The van der Waals surface area contributed by atoms with Gasteiger partial charge in [-0.1, -0.05) is 29.5 Å². The molecule has 1 amide bonds. The van der Waals surface area contributed by atoms with Crippen LogP contribution in [0.4, 0.5) is 0 Å². The lowest BCUT2D eigenvalue weighted by Crippen LogP contribution is -2.42. The Morgan fingerprint density at radius 1 is 1.11 bits per heavy atom. The van der Waals surface area contributed by atoms with Crippen LogP contribution in [-0.4, -0.2) is 46.0 Å². The van der Waals surface area contributed by atoms with Gasteiger partial charge < -0.3 is 9.64 Å². The minimum Gasteiger partial charge on any atom is -0.497 e. The zero-order chi connectivity index (χ0) is 19.5. The normalized spacial score (nSPS) is 15.0. The molecule has 1 fully saturated rings. The van der Waals surface area contributed by atoms with E-state index >= 15 is 0 Å². The molecule has 3 aromatic rings. The highest BCUT2D eigenvalue weighted by Crippen LogP contribution is 2.22. The number of likely N-dealkylation sites (tertiary alicyclic amines) is 1. The van der Waals surface area contributed by atoms with Crippen molar-refractivity contribution in [2.24, 2.45) is 0 Å². The molecule has 0 aliphatic carbocycles. The van der Waals surface area contributed by atoms with Crippen molar-refractivity contribution in [2.75, 3.05) is 20.2 Å². The van der Waals surface area contributed by atoms with Crippen LogP contribution in [0.3, 0.4) is 0 Å². The molecule has 1 aromatic heterocycles. The van der Waals surface area contributed by atoms with Crippen molar-refractivity contribution in [1.29, 1.82) is 0 Å². The topological polar surface area (TPSA) is 77.3 Å². The first-order valence-electron chi connectivity index (χ1n) is 9.40. The fourth-order valence-electron chi connectivity index (χ4n) is 3.63. The number of methoxy groups -OCH3 is 1. The minimum atomic E-state index is -0.117. The number of benzene rings is 2. The Labute approximate surface area is 162 Å². The second-order valence-electron chi connectivity index (χ2n) is 6.99. The van der Waals surface area contributed by atoms with Crippen molar-refractivity contribution in [2.45, 2.75) is 25.3 Å². The molecule has 0 atom stereocenters. The third-order valence-corrected chi connectivity index (χ3v) is 5.27. The van der Waals surface area contributed by atoms with E-state index in [9.17, 15) is 9.59 Å². The van der Waals surface area contributed by atoms with E-state index in [0.29, 0.717) is 43.3 Å². The number of hydrogen-bond donors (Lipinski definition) is 0. The number of hydrogen-bond acceptors (Lipinski definition) is 5. The highest BCUT2D eigenvalue weighted by atomic mass is 16.5. The van der Waals surface area contributed by atoms with Gasteiger partial charge in [0.15, 0.2) is 0 Å². The fourth-order valence-corrected chi connectivity index (χ4v) is 3.63. The predicted molar refractivity (Wildman–Crippen MR) is 105 cm³/mol. The van der Waals surface area contributed by atoms with Crippen LogP contribution in [0.2, 0.25) is 0 Å². The number of carbonyl (C=O) groups excluding carboxylic acids is 1. The first-order valence-corrected chi connectivity index (χ1v) is 9.40. The molecule has 0 spiro atoms. The molecule has 2 heterocycles. The highest BCUT2D eigenvalue weighted by molar-refractivity contribution is 5.79. The van der Waals surface area contributed by atoms with Gasteiger partial charge in [0.2, 0.25) is 5.91 Å². The first kappa shape index (κ1) is 18.2. The van der Waals surface area contributed by atoms with Gasteiger partial charge >= 0.3 is 0 Å². The van der Waals surface area contributed by atoms with Crippen LogP contribution >= 0.6 is 0 Å². The molecular formula is C21H22N4O3. The Bertz CT molecular complexity index is 1040. The average molecular weight is 378 g/mol. The van der Waals surface area contributed by atoms with Gasteiger partial charge in [-0.15, -0.1) is 5.10 Å². The van der Waals surface area contributed by atoms with Crippen molar-refractivity contribution >= 4 is 16.8 Å². The van der Waals surface area contributed by atoms with Gasteiger partial charge in [0, 0.05) is 13.1 Å². The number of rotatable bonds is 4. The number of fused-ring (bicyclic) bond motifs is 1. The summed E-state index contributed by atoms with van der Waals surface area (Å²) in [6, 6.07) is 14.7.